The monoisotopic (exact) mass is 533 g/mol. The number of rotatable bonds is 11. The molecule has 0 fully saturated rings. The van der Waals surface area contributed by atoms with Gasteiger partial charge in [-0.3, -0.25) is 14.4 Å². The highest BCUT2D eigenvalue weighted by Gasteiger charge is 2.21. The Hall–Kier alpha value is -3.75. The minimum Gasteiger partial charge on any atom is -0.493 e. The van der Waals surface area contributed by atoms with Crippen LogP contribution in [0.3, 0.4) is 0 Å². The molecule has 4 rings (SSSR count). The molecule has 0 aliphatic heterocycles. The van der Waals surface area contributed by atoms with Crippen LogP contribution in [0, 0.1) is 6.92 Å². The standard InChI is InChI=1S/C30H31NO6S/c1-18(2)31-15-22(24-17-38-30-19(3)6-5-7-21(24)30)29(35)23(16-31)26(34)10-9-25(33)20-8-11-27(37-13-12-32)28(14-20)36-4/h5-8,11,14-18,32H,9-10,12-13H2,1-4H3. The smallest absolute Gasteiger partial charge is 0.200 e. The van der Waals surface area contributed by atoms with E-state index >= 15 is 0 Å². The number of hydrogen-bond acceptors (Lipinski definition) is 7. The highest BCUT2D eigenvalue weighted by Crippen LogP contribution is 2.35. The summed E-state index contributed by atoms with van der Waals surface area (Å²) in [5, 5.41) is 11.9. The third-order valence-electron chi connectivity index (χ3n) is 6.44. The van der Waals surface area contributed by atoms with Gasteiger partial charge in [-0.05, 0) is 44.5 Å². The van der Waals surface area contributed by atoms with Gasteiger partial charge < -0.3 is 19.1 Å². The van der Waals surface area contributed by atoms with Gasteiger partial charge >= 0.3 is 0 Å². The Morgan fingerprint density at radius 1 is 1.03 bits per heavy atom. The number of aromatic nitrogens is 1. The first-order chi connectivity index (χ1) is 18.2. The van der Waals surface area contributed by atoms with Gasteiger partial charge in [-0.15, -0.1) is 11.3 Å². The molecule has 0 bridgehead atoms. The molecule has 0 amide bonds. The molecule has 0 spiro atoms. The molecule has 8 heteroatoms. The summed E-state index contributed by atoms with van der Waals surface area (Å²) in [6, 6.07) is 10.8. The van der Waals surface area contributed by atoms with Gasteiger partial charge in [0.15, 0.2) is 28.5 Å². The number of thiophene rings is 1. The number of pyridine rings is 1. The van der Waals surface area contributed by atoms with Crippen molar-refractivity contribution >= 4 is 33.0 Å². The van der Waals surface area contributed by atoms with Crippen molar-refractivity contribution in [1.29, 1.82) is 0 Å². The number of ketones is 2. The van der Waals surface area contributed by atoms with E-state index in [2.05, 4.69) is 0 Å². The molecule has 2 heterocycles. The minimum absolute atomic E-state index is 0.0354. The zero-order chi connectivity index (χ0) is 27.4. The fourth-order valence-electron chi connectivity index (χ4n) is 4.32. The van der Waals surface area contributed by atoms with Gasteiger partial charge in [-0.25, -0.2) is 0 Å². The first-order valence-corrected chi connectivity index (χ1v) is 13.3. The lowest BCUT2D eigenvalue weighted by Crippen LogP contribution is -2.21. The number of carbonyl (C=O) groups excluding carboxylic acids is 2. The van der Waals surface area contributed by atoms with Gasteiger partial charge in [0.05, 0.1) is 19.3 Å². The van der Waals surface area contributed by atoms with Crippen LogP contribution in [-0.4, -0.2) is 41.6 Å². The maximum Gasteiger partial charge on any atom is 0.200 e. The number of carbonyl (C=O) groups is 2. The molecule has 0 atom stereocenters. The first kappa shape index (κ1) is 27.3. The Bertz CT molecular complexity index is 1550. The topological polar surface area (TPSA) is 94.8 Å². The van der Waals surface area contributed by atoms with Crippen LogP contribution in [-0.2, 0) is 0 Å². The lowest BCUT2D eigenvalue weighted by atomic mass is 9.98. The van der Waals surface area contributed by atoms with Crippen LogP contribution in [0.25, 0.3) is 21.2 Å². The zero-order valence-corrected chi connectivity index (χ0v) is 22.8. The number of aliphatic hydroxyl groups is 1. The van der Waals surface area contributed by atoms with E-state index in [0.717, 1.165) is 21.2 Å². The Balaban J connectivity index is 1.61. The van der Waals surface area contributed by atoms with Gasteiger partial charge in [0.25, 0.3) is 0 Å². The van der Waals surface area contributed by atoms with Gasteiger partial charge in [0, 0.05) is 63.4 Å². The second kappa shape index (κ2) is 11.8. The lowest BCUT2D eigenvalue weighted by Gasteiger charge is -2.15. The van der Waals surface area contributed by atoms with E-state index in [1.807, 2.05) is 55.1 Å². The summed E-state index contributed by atoms with van der Waals surface area (Å²) in [6.45, 7) is 5.98. The van der Waals surface area contributed by atoms with Crippen LogP contribution in [0.2, 0.25) is 0 Å². The van der Waals surface area contributed by atoms with E-state index in [0.29, 0.717) is 22.6 Å². The van der Waals surface area contributed by atoms with Gasteiger partial charge in [-0.1, -0.05) is 18.2 Å². The average molecular weight is 534 g/mol. The van der Waals surface area contributed by atoms with Crippen LogP contribution in [0.1, 0.15) is 59.0 Å². The molecule has 0 saturated heterocycles. The molecule has 0 unspecified atom stereocenters. The van der Waals surface area contributed by atoms with Crippen molar-refractivity contribution < 1.29 is 24.2 Å². The molecule has 0 aliphatic rings. The number of methoxy groups -OCH3 is 1. The molecule has 0 aliphatic carbocycles. The molecule has 2 aromatic heterocycles. The van der Waals surface area contributed by atoms with Crippen LogP contribution >= 0.6 is 11.3 Å². The molecule has 4 aromatic rings. The lowest BCUT2D eigenvalue weighted by molar-refractivity contribution is 0.0916. The summed E-state index contributed by atoms with van der Waals surface area (Å²) in [5.41, 5.74) is 2.57. The number of aryl methyl sites for hydroxylation is 1. The fourth-order valence-corrected chi connectivity index (χ4v) is 5.37. The van der Waals surface area contributed by atoms with Crippen molar-refractivity contribution in [3.8, 4) is 22.6 Å². The first-order valence-electron chi connectivity index (χ1n) is 12.5. The summed E-state index contributed by atoms with van der Waals surface area (Å²) < 4.78 is 13.7. The molecule has 0 saturated carbocycles. The van der Waals surface area contributed by atoms with E-state index < -0.39 is 0 Å². The van der Waals surface area contributed by atoms with Crippen molar-refractivity contribution in [2.24, 2.45) is 0 Å². The molecule has 38 heavy (non-hydrogen) atoms. The van der Waals surface area contributed by atoms with Gasteiger partial charge in [0.1, 0.15) is 6.61 Å². The molecular formula is C30H31NO6S. The van der Waals surface area contributed by atoms with Crippen molar-refractivity contribution in [3.05, 3.63) is 81.1 Å². The molecular weight excluding hydrogens is 502 g/mol. The third kappa shape index (κ3) is 5.56. The summed E-state index contributed by atoms with van der Waals surface area (Å²) in [6.07, 6.45) is 3.26. The van der Waals surface area contributed by atoms with E-state index in [4.69, 9.17) is 14.6 Å². The van der Waals surface area contributed by atoms with Crippen LogP contribution in [0.5, 0.6) is 11.5 Å². The quantitative estimate of drug-likeness (QED) is 0.243. The van der Waals surface area contributed by atoms with Gasteiger partial charge in [-0.2, -0.15) is 0 Å². The summed E-state index contributed by atoms with van der Waals surface area (Å²) >= 11 is 1.58. The highest BCUT2D eigenvalue weighted by molar-refractivity contribution is 7.18. The normalized spacial score (nSPS) is 11.2. The van der Waals surface area contributed by atoms with Crippen molar-refractivity contribution in [3.63, 3.8) is 0 Å². The molecule has 2 aromatic carbocycles. The fraction of sp³-hybridized carbons (Fsp3) is 0.300. The van der Waals surface area contributed by atoms with Crippen LogP contribution in [0.15, 0.2) is 59.0 Å². The van der Waals surface area contributed by atoms with E-state index in [1.54, 1.807) is 35.7 Å². The van der Waals surface area contributed by atoms with Crippen LogP contribution < -0.4 is 14.9 Å². The summed E-state index contributed by atoms with van der Waals surface area (Å²) in [7, 11) is 1.46. The number of hydrogen-bond donors (Lipinski definition) is 1. The number of Topliss-reactive ketones (excluding diaryl/α,β-unsaturated/α-hetero) is 2. The molecule has 0 radical (unpaired) electrons. The second-order valence-electron chi connectivity index (χ2n) is 9.34. The Morgan fingerprint density at radius 2 is 1.79 bits per heavy atom. The number of fused-ring (bicyclic) bond motifs is 1. The number of aliphatic hydroxyl groups excluding tert-OH is 1. The zero-order valence-electron chi connectivity index (χ0n) is 21.9. The molecule has 7 nitrogen and oxygen atoms in total. The SMILES string of the molecule is COc1cc(C(=O)CCC(=O)c2cn(C(C)C)cc(-c3csc4c(C)cccc34)c2=O)ccc1OCCO. The van der Waals surface area contributed by atoms with Crippen molar-refractivity contribution in [2.45, 2.75) is 39.7 Å². The maximum atomic E-state index is 13.6. The Morgan fingerprint density at radius 3 is 2.50 bits per heavy atom. The van der Waals surface area contributed by atoms with Crippen molar-refractivity contribution in [2.75, 3.05) is 20.3 Å². The predicted molar refractivity (Wildman–Crippen MR) is 150 cm³/mol. The second-order valence-corrected chi connectivity index (χ2v) is 10.2. The Labute approximate surface area is 225 Å². The van der Waals surface area contributed by atoms with Gasteiger partial charge in [0.2, 0.25) is 0 Å². The summed E-state index contributed by atoms with van der Waals surface area (Å²) in [5.74, 6) is 0.160. The number of benzene rings is 2. The Kier molecular flexibility index (Phi) is 8.44. The minimum atomic E-state index is -0.370. The predicted octanol–water partition coefficient (Wildman–Crippen LogP) is 5.84. The largest absolute Gasteiger partial charge is 0.493 e. The molecule has 198 valence electrons. The van der Waals surface area contributed by atoms with E-state index in [1.165, 1.54) is 7.11 Å². The number of ether oxygens (including phenoxy) is 2. The van der Waals surface area contributed by atoms with Crippen LogP contribution in [0.4, 0.5) is 0 Å². The average Bonchev–Trinajstić information content (AvgIpc) is 3.35. The van der Waals surface area contributed by atoms with Crippen molar-refractivity contribution in [1.82, 2.24) is 4.57 Å². The highest BCUT2D eigenvalue weighted by atomic mass is 32.1. The number of nitrogens with zero attached hydrogens (tertiary/aromatic N) is 1. The maximum absolute atomic E-state index is 13.6. The molecule has 1 N–H and O–H groups in total. The summed E-state index contributed by atoms with van der Waals surface area (Å²) in [4.78, 5) is 39.7. The third-order valence-corrected chi connectivity index (χ3v) is 7.57. The van der Waals surface area contributed by atoms with E-state index in [9.17, 15) is 14.4 Å². The van der Waals surface area contributed by atoms with E-state index in [-0.39, 0.29) is 54.7 Å².